The molecule has 31 heavy (non-hydrogen) atoms. The Morgan fingerprint density at radius 1 is 1.06 bits per heavy atom. The molecule has 1 aromatic carbocycles. The first kappa shape index (κ1) is 21.5. The number of amides is 2. The summed E-state index contributed by atoms with van der Waals surface area (Å²) >= 11 is 0. The fourth-order valence-corrected chi connectivity index (χ4v) is 3.89. The molecule has 0 spiro atoms. The third-order valence-corrected chi connectivity index (χ3v) is 5.85. The van der Waals surface area contributed by atoms with Gasteiger partial charge in [-0.1, -0.05) is 17.7 Å². The van der Waals surface area contributed by atoms with E-state index < -0.39 is 41.0 Å². The van der Waals surface area contributed by atoms with Crippen LogP contribution in [0.15, 0.2) is 54.3 Å². The van der Waals surface area contributed by atoms with Gasteiger partial charge >= 0.3 is 11.7 Å². The molecule has 5 atom stereocenters. The minimum Gasteiger partial charge on any atom is -0.355 e. The Morgan fingerprint density at radius 3 is 2.35 bits per heavy atom. The topological polar surface area (TPSA) is 66.8 Å². The summed E-state index contributed by atoms with van der Waals surface area (Å²) in [7, 11) is 0. The maximum Gasteiger partial charge on any atom is 0.307 e. The fraction of sp³-hybridized carbons (Fsp3) is 0.364. The number of allylic oxidation sites excluding steroid dienone is 3. The van der Waals surface area contributed by atoms with E-state index in [-0.39, 0.29) is 16.8 Å². The van der Waals surface area contributed by atoms with Crippen LogP contribution in [0.3, 0.4) is 0 Å². The zero-order valence-corrected chi connectivity index (χ0v) is 16.8. The molecule has 1 aliphatic heterocycles. The molecule has 1 N–H and O–H groups in total. The van der Waals surface area contributed by atoms with Crippen molar-refractivity contribution in [2.75, 3.05) is 0 Å². The fourth-order valence-electron chi connectivity index (χ4n) is 3.89. The van der Waals surface area contributed by atoms with Crippen molar-refractivity contribution in [2.45, 2.75) is 49.9 Å². The van der Waals surface area contributed by atoms with Crippen LogP contribution in [0.1, 0.15) is 40.1 Å². The van der Waals surface area contributed by atoms with Gasteiger partial charge < -0.3 is 9.84 Å². The van der Waals surface area contributed by atoms with Crippen molar-refractivity contribution in [3.63, 3.8) is 0 Å². The summed E-state index contributed by atoms with van der Waals surface area (Å²) in [6, 6.07) is 4.81. The zero-order valence-electron chi connectivity index (χ0n) is 16.8. The molecule has 1 fully saturated rings. The Bertz CT molecular complexity index is 1090. The lowest BCUT2D eigenvalue weighted by Gasteiger charge is -2.56. The van der Waals surface area contributed by atoms with E-state index in [1.54, 1.807) is 19.1 Å². The number of imide groups is 1. The Labute approximate surface area is 175 Å². The van der Waals surface area contributed by atoms with Crippen LogP contribution < -0.4 is 0 Å². The van der Waals surface area contributed by atoms with Gasteiger partial charge in [-0.3, -0.25) is 9.59 Å². The first-order valence-electron chi connectivity index (χ1n) is 9.47. The van der Waals surface area contributed by atoms with Gasteiger partial charge in [-0.2, -0.15) is 0 Å². The molecule has 1 heterocycles. The lowest BCUT2D eigenvalue weighted by Crippen LogP contribution is -2.82. The van der Waals surface area contributed by atoms with Gasteiger partial charge in [0, 0.05) is 0 Å². The molecule has 3 aliphatic rings. The number of hydrogen-bond acceptors (Lipinski definition) is 4. The van der Waals surface area contributed by atoms with Crippen LogP contribution in [0, 0.1) is 6.92 Å². The number of halogens is 4. The SMILES string of the molecule is Cc1ccc2c(c1)C(=O)N(C1=CC=CC(C)(OC3(F)C(F)C(C)(F)C3(O)F)C=C1)C2=O. The second-order valence-corrected chi connectivity index (χ2v) is 8.27. The van der Waals surface area contributed by atoms with Crippen molar-refractivity contribution < 1.29 is 37.0 Å². The maximum atomic E-state index is 14.8. The Kier molecular flexibility index (Phi) is 4.40. The van der Waals surface area contributed by atoms with Crippen molar-refractivity contribution in [1.82, 2.24) is 4.90 Å². The monoisotopic (exact) mass is 437 g/mol. The summed E-state index contributed by atoms with van der Waals surface area (Å²) in [5.41, 5.74) is -3.97. The summed E-state index contributed by atoms with van der Waals surface area (Å²) in [5.74, 6) is -9.30. The Morgan fingerprint density at radius 2 is 1.71 bits per heavy atom. The highest BCUT2D eigenvalue weighted by atomic mass is 19.2. The first-order valence-corrected chi connectivity index (χ1v) is 9.47. The average molecular weight is 437 g/mol. The number of rotatable bonds is 3. The highest BCUT2D eigenvalue weighted by Gasteiger charge is 2.86. The van der Waals surface area contributed by atoms with Crippen molar-refractivity contribution in [1.29, 1.82) is 0 Å². The van der Waals surface area contributed by atoms with Crippen molar-refractivity contribution in [3.8, 4) is 0 Å². The largest absolute Gasteiger partial charge is 0.355 e. The van der Waals surface area contributed by atoms with Crippen LogP contribution in [0.4, 0.5) is 17.6 Å². The normalized spacial score (nSPS) is 39.3. The van der Waals surface area contributed by atoms with Gasteiger partial charge in [-0.05, 0) is 57.2 Å². The van der Waals surface area contributed by atoms with Crippen LogP contribution in [0.25, 0.3) is 0 Å². The lowest BCUT2D eigenvalue weighted by molar-refractivity contribution is -0.462. The molecule has 0 radical (unpaired) electrons. The third kappa shape index (κ3) is 2.76. The summed E-state index contributed by atoms with van der Waals surface area (Å²) < 4.78 is 61.8. The number of aliphatic hydroxyl groups is 1. The summed E-state index contributed by atoms with van der Waals surface area (Å²) in [6.45, 7) is 3.39. The number of carbonyl (C=O) groups excluding carboxylic acids is 2. The van der Waals surface area contributed by atoms with E-state index in [1.165, 1.54) is 37.3 Å². The highest BCUT2D eigenvalue weighted by molar-refractivity contribution is 6.22. The molecular formula is C22H19F4NO4. The van der Waals surface area contributed by atoms with Gasteiger partial charge in [0.25, 0.3) is 11.8 Å². The molecule has 9 heteroatoms. The van der Waals surface area contributed by atoms with Gasteiger partial charge in [-0.15, -0.1) is 0 Å². The Balaban J connectivity index is 1.60. The quantitative estimate of drug-likeness (QED) is 0.578. The minimum atomic E-state index is -4.22. The van der Waals surface area contributed by atoms with Crippen LogP contribution >= 0.6 is 0 Å². The zero-order chi connectivity index (χ0) is 23.0. The maximum absolute atomic E-state index is 14.8. The molecule has 0 bridgehead atoms. The standard InChI is InChI=1S/C22H19F4NO4/c1-12-6-7-14-15(11-12)17(29)27(16(14)28)13-5-4-9-19(2,10-8-13)31-21(25)18(23)20(3,24)22(21,26)30/h4-11,18,30H,1-3H3. The third-order valence-electron chi connectivity index (χ3n) is 5.85. The molecule has 4 rings (SSSR count). The van der Waals surface area contributed by atoms with Gasteiger partial charge in [0.05, 0.1) is 16.8 Å². The second kappa shape index (κ2) is 6.37. The van der Waals surface area contributed by atoms with Crippen LogP contribution in [0.5, 0.6) is 0 Å². The number of aryl methyl sites for hydroxylation is 1. The van der Waals surface area contributed by atoms with Gasteiger partial charge in [0.1, 0.15) is 5.60 Å². The number of fused-ring (bicyclic) bond motifs is 1. The second-order valence-electron chi connectivity index (χ2n) is 8.27. The number of nitrogens with zero attached hydrogens (tertiary/aromatic N) is 1. The predicted octanol–water partition coefficient (Wildman–Crippen LogP) is 3.78. The molecule has 0 saturated heterocycles. The van der Waals surface area contributed by atoms with E-state index in [9.17, 15) is 32.3 Å². The molecule has 1 saturated carbocycles. The van der Waals surface area contributed by atoms with Crippen LogP contribution in [-0.2, 0) is 4.74 Å². The molecule has 2 aliphatic carbocycles. The number of carbonyl (C=O) groups is 2. The van der Waals surface area contributed by atoms with E-state index in [4.69, 9.17) is 4.74 Å². The summed E-state index contributed by atoms with van der Waals surface area (Å²) in [4.78, 5) is 26.4. The van der Waals surface area contributed by atoms with Gasteiger partial charge in [-0.25, -0.2) is 22.5 Å². The molecule has 2 amide bonds. The van der Waals surface area contributed by atoms with Crippen LogP contribution in [-0.4, -0.2) is 51.0 Å². The lowest BCUT2D eigenvalue weighted by atomic mass is 9.70. The summed E-state index contributed by atoms with van der Waals surface area (Å²) in [5, 5.41) is 9.52. The van der Waals surface area contributed by atoms with E-state index >= 15 is 0 Å². The summed E-state index contributed by atoms with van der Waals surface area (Å²) in [6.07, 6.45) is 3.16. The Hall–Kier alpha value is -2.78. The average Bonchev–Trinajstić information content (AvgIpc) is 2.81. The highest BCUT2D eigenvalue weighted by Crippen LogP contribution is 2.59. The van der Waals surface area contributed by atoms with E-state index in [2.05, 4.69) is 0 Å². The van der Waals surface area contributed by atoms with E-state index in [1.807, 2.05) is 0 Å². The van der Waals surface area contributed by atoms with Gasteiger partial charge in [0.15, 0.2) is 0 Å². The predicted molar refractivity (Wildman–Crippen MR) is 102 cm³/mol. The van der Waals surface area contributed by atoms with E-state index in [0.29, 0.717) is 6.92 Å². The number of ether oxygens (including phenoxy) is 1. The van der Waals surface area contributed by atoms with E-state index in [0.717, 1.165) is 16.5 Å². The minimum absolute atomic E-state index is 0.108. The molecule has 5 unspecified atom stereocenters. The van der Waals surface area contributed by atoms with Crippen molar-refractivity contribution in [2.24, 2.45) is 0 Å². The molecular weight excluding hydrogens is 418 g/mol. The van der Waals surface area contributed by atoms with Crippen LogP contribution in [0.2, 0.25) is 0 Å². The number of benzene rings is 1. The van der Waals surface area contributed by atoms with Crippen molar-refractivity contribution in [3.05, 3.63) is 71.0 Å². The van der Waals surface area contributed by atoms with Crippen molar-refractivity contribution >= 4 is 11.8 Å². The molecule has 0 aromatic heterocycles. The smallest absolute Gasteiger partial charge is 0.307 e. The molecule has 5 nitrogen and oxygen atoms in total. The number of hydrogen-bond donors (Lipinski definition) is 1. The first-order chi connectivity index (χ1) is 14.3. The number of alkyl halides is 4. The molecule has 1 aromatic rings. The molecule has 164 valence electrons. The van der Waals surface area contributed by atoms with Gasteiger partial charge in [0.2, 0.25) is 11.8 Å².